The molecule has 7 heteroatoms. The summed E-state index contributed by atoms with van der Waals surface area (Å²) in [4.78, 5) is 4.53. The van der Waals surface area contributed by atoms with E-state index in [1.54, 1.807) is 4.40 Å². The van der Waals surface area contributed by atoms with Gasteiger partial charge in [-0.3, -0.25) is 9.08 Å². The maximum atomic E-state index is 9.47. The summed E-state index contributed by atoms with van der Waals surface area (Å²) in [5.41, 5.74) is 2.41. The number of rotatable bonds is 5. The summed E-state index contributed by atoms with van der Waals surface area (Å²) < 4.78 is 9.65. The van der Waals surface area contributed by atoms with Crippen molar-refractivity contribution >= 4 is 11.5 Å². The Hall–Kier alpha value is -2.85. The number of nitrogens with one attached hydrogen (secondary N) is 1. The number of aromatic nitrogens is 4. The maximum absolute atomic E-state index is 9.47. The van der Waals surface area contributed by atoms with Crippen LogP contribution in [0.3, 0.4) is 0 Å². The molecule has 4 heterocycles. The number of fused-ring (bicyclic) bond motifs is 1. The highest BCUT2D eigenvalue weighted by Gasteiger charge is 2.31. The van der Waals surface area contributed by atoms with Crippen molar-refractivity contribution in [1.82, 2.24) is 19.2 Å². The smallest absolute Gasteiger partial charge is 0.168 e. The number of pyridine rings is 1. The van der Waals surface area contributed by atoms with Crippen LogP contribution in [0.15, 0.2) is 36.8 Å². The fourth-order valence-electron chi connectivity index (χ4n) is 3.36. The maximum Gasteiger partial charge on any atom is 0.168 e. The lowest BCUT2D eigenvalue weighted by Crippen LogP contribution is -2.18. The molecule has 0 saturated carbocycles. The summed E-state index contributed by atoms with van der Waals surface area (Å²) in [5, 5.41) is 17.2. The van der Waals surface area contributed by atoms with Crippen LogP contribution < -0.4 is 5.32 Å². The molecule has 0 unspecified atom stereocenters. The normalized spacial score (nSPS) is 20.0. The second-order valence-corrected chi connectivity index (χ2v) is 6.20. The van der Waals surface area contributed by atoms with Crippen LogP contribution in [0.25, 0.3) is 5.65 Å². The lowest BCUT2D eigenvalue weighted by atomic mass is 9.97. The van der Waals surface area contributed by atoms with Crippen LogP contribution in [0.2, 0.25) is 0 Å². The number of anilines is 1. The van der Waals surface area contributed by atoms with E-state index >= 15 is 0 Å². The summed E-state index contributed by atoms with van der Waals surface area (Å²) in [7, 11) is 0. The highest BCUT2D eigenvalue weighted by atomic mass is 16.5. The summed E-state index contributed by atoms with van der Waals surface area (Å²) in [6, 6.07) is 7.95. The Labute approximate surface area is 145 Å². The Morgan fingerprint density at radius 1 is 1.44 bits per heavy atom. The zero-order valence-corrected chi connectivity index (χ0v) is 14.1. The second-order valence-electron chi connectivity index (χ2n) is 6.20. The third kappa shape index (κ3) is 2.85. The largest absolute Gasteiger partial charge is 0.373 e. The van der Waals surface area contributed by atoms with E-state index in [2.05, 4.69) is 34.6 Å². The Bertz CT molecular complexity index is 921. The van der Waals surface area contributed by atoms with Gasteiger partial charge in [-0.15, -0.1) is 0 Å². The lowest BCUT2D eigenvalue weighted by Gasteiger charge is -2.17. The van der Waals surface area contributed by atoms with E-state index in [0.717, 1.165) is 30.8 Å². The highest BCUT2D eigenvalue weighted by Crippen LogP contribution is 2.34. The molecule has 0 spiro atoms. The molecule has 1 fully saturated rings. The van der Waals surface area contributed by atoms with Crippen molar-refractivity contribution < 1.29 is 4.74 Å². The first-order valence-corrected chi connectivity index (χ1v) is 8.55. The molecule has 0 radical (unpaired) electrons. The summed E-state index contributed by atoms with van der Waals surface area (Å²) in [5.74, 6) is 0.953. The van der Waals surface area contributed by atoms with Crippen molar-refractivity contribution in [3.05, 3.63) is 48.0 Å². The molecule has 0 aromatic carbocycles. The number of aryl methyl sites for hydroxylation is 1. The Morgan fingerprint density at radius 3 is 3.16 bits per heavy atom. The van der Waals surface area contributed by atoms with E-state index in [-0.39, 0.29) is 6.10 Å². The molecule has 128 valence electrons. The number of ether oxygens (including phenoxy) is 1. The predicted molar refractivity (Wildman–Crippen MR) is 93.1 cm³/mol. The number of nitrogens with zero attached hydrogens (tertiary/aromatic N) is 5. The molecule has 0 bridgehead atoms. The van der Waals surface area contributed by atoms with E-state index in [4.69, 9.17) is 4.74 Å². The van der Waals surface area contributed by atoms with Gasteiger partial charge in [-0.05, 0) is 25.5 Å². The minimum atomic E-state index is 0.0374. The Kier molecular flexibility index (Phi) is 4.12. The Morgan fingerprint density at radius 2 is 2.36 bits per heavy atom. The monoisotopic (exact) mass is 336 g/mol. The van der Waals surface area contributed by atoms with E-state index in [9.17, 15) is 5.26 Å². The summed E-state index contributed by atoms with van der Waals surface area (Å²) >= 11 is 0. The van der Waals surface area contributed by atoms with Gasteiger partial charge in [-0.2, -0.15) is 10.4 Å². The SMILES string of the molecule is CCn1cc([C@@H]2OCC[C@H]2CNc2nc3ccccn3c2C#N)cn1. The van der Waals surface area contributed by atoms with Crippen LogP contribution in [0, 0.1) is 17.2 Å². The zero-order chi connectivity index (χ0) is 17.2. The van der Waals surface area contributed by atoms with Crippen LogP contribution in [0.5, 0.6) is 0 Å². The molecule has 25 heavy (non-hydrogen) atoms. The van der Waals surface area contributed by atoms with Gasteiger partial charge < -0.3 is 10.1 Å². The minimum absolute atomic E-state index is 0.0374. The van der Waals surface area contributed by atoms with E-state index in [1.165, 1.54) is 0 Å². The fourth-order valence-corrected chi connectivity index (χ4v) is 3.36. The topological polar surface area (TPSA) is 80.2 Å². The van der Waals surface area contributed by atoms with Gasteiger partial charge in [0.1, 0.15) is 11.7 Å². The molecule has 0 aliphatic carbocycles. The van der Waals surface area contributed by atoms with Gasteiger partial charge >= 0.3 is 0 Å². The van der Waals surface area contributed by atoms with Crippen LogP contribution in [-0.2, 0) is 11.3 Å². The predicted octanol–water partition coefficient (Wildman–Crippen LogP) is 2.61. The molecule has 7 nitrogen and oxygen atoms in total. The standard InChI is InChI=1S/C18H20N6O/c1-2-23-12-14(11-21-23)17-13(6-8-25-17)10-20-18-15(9-19)24-7-4-3-5-16(24)22-18/h3-5,7,11-13,17,20H,2,6,8,10H2,1H3/t13-,17+/m0/s1. The molecule has 0 amide bonds. The van der Waals surface area contributed by atoms with Crippen LogP contribution >= 0.6 is 0 Å². The first-order chi connectivity index (χ1) is 12.3. The number of nitriles is 1. The van der Waals surface area contributed by atoms with E-state index < -0.39 is 0 Å². The average Bonchev–Trinajstić information content (AvgIpc) is 3.36. The third-order valence-corrected chi connectivity index (χ3v) is 4.69. The molecule has 1 saturated heterocycles. The fraction of sp³-hybridized carbons (Fsp3) is 0.389. The van der Waals surface area contributed by atoms with Gasteiger partial charge in [0, 0.05) is 43.6 Å². The van der Waals surface area contributed by atoms with Crippen molar-refractivity contribution in [3.63, 3.8) is 0 Å². The number of hydrogen-bond acceptors (Lipinski definition) is 5. The first kappa shape index (κ1) is 15.7. The molecular weight excluding hydrogens is 316 g/mol. The zero-order valence-electron chi connectivity index (χ0n) is 14.1. The molecule has 3 aromatic heterocycles. The molecular formula is C18H20N6O. The van der Waals surface area contributed by atoms with Gasteiger partial charge in [0.25, 0.3) is 0 Å². The van der Waals surface area contributed by atoms with Crippen molar-refractivity contribution in [2.45, 2.75) is 26.0 Å². The van der Waals surface area contributed by atoms with Crippen molar-refractivity contribution in [2.75, 3.05) is 18.5 Å². The molecule has 4 rings (SSSR count). The quantitative estimate of drug-likeness (QED) is 0.775. The van der Waals surface area contributed by atoms with Crippen molar-refractivity contribution in [1.29, 1.82) is 5.26 Å². The van der Waals surface area contributed by atoms with Gasteiger partial charge in [0.15, 0.2) is 11.5 Å². The molecule has 1 aliphatic heterocycles. The van der Waals surface area contributed by atoms with Crippen molar-refractivity contribution in [2.24, 2.45) is 5.92 Å². The molecule has 3 aromatic rings. The van der Waals surface area contributed by atoms with Crippen LogP contribution in [0.1, 0.15) is 30.7 Å². The van der Waals surface area contributed by atoms with E-state index in [1.807, 2.05) is 35.3 Å². The minimum Gasteiger partial charge on any atom is -0.373 e. The first-order valence-electron chi connectivity index (χ1n) is 8.55. The average molecular weight is 336 g/mol. The molecule has 1 aliphatic rings. The van der Waals surface area contributed by atoms with Gasteiger partial charge in [0.2, 0.25) is 0 Å². The number of imidazole rings is 1. The van der Waals surface area contributed by atoms with Gasteiger partial charge in [-0.25, -0.2) is 4.98 Å². The van der Waals surface area contributed by atoms with Gasteiger partial charge in [0.05, 0.1) is 12.3 Å². The number of hydrogen-bond donors (Lipinski definition) is 1. The third-order valence-electron chi connectivity index (χ3n) is 4.69. The second kappa shape index (κ2) is 6.57. The lowest BCUT2D eigenvalue weighted by molar-refractivity contribution is 0.0932. The highest BCUT2D eigenvalue weighted by molar-refractivity contribution is 5.58. The Balaban J connectivity index is 1.52. The molecule has 2 atom stereocenters. The summed E-state index contributed by atoms with van der Waals surface area (Å²) in [6.07, 6.45) is 6.80. The van der Waals surface area contributed by atoms with Crippen molar-refractivity contribution in [3.8, 4) is 6.07 Å². The van der Waals surface area contributed by atoms with E-state index in [0.29, 0.717) is 24.0 Å². The van der Waals surface area contributed by atoms with Crippen LogP contribution in [0.4, 0.5) is 5.82 Å². The summed E-state index contributed by atoms with van der Waals surface area (Å²) in [6.45, 7) is 4.37. The van der Waals surface area contributed by atoms with Crippen LogP contribution in [-0.4, -0.2) is 32.3 Å². The molecule has 1 N–H and O–H groups in total. The van der Waals surface area contributed by atoms with Gasteiger partial charge in [-0.1, -0.05) is 6.07 Å².